The molecular formula is C22H24N6O4. The van der Waals surface area contributed by atoms with Crippen molar-refractivity contribution in [3.05, 3.63) is 70.0 Å². The minimum Gasteiger partial charge on any atom is -0.462 e. The fourth-order valence-corrected chi connectivity index (χ4v) is 2.98. The molecule has 166 valence electrons. The van der Waals surface area contributed by atoms with Crippen molar-refractivity contribution < 1.29 is 14.5 Å². The second-order valence-corrected chi connectivity index (χ2v) is 6.71. The van der Waals surface area contributed by atoms with Gasteiger partial charge in [0.25, 0.3) is 0 Å². The summed E-state index contributed by atoms with van der Waals surface area (Å²) in [6.45, 7) is 4.78. The molecule has 3 rings (SSSR count). The Morgan fingerprint density at radius 3 is 2.53 bits per heavy atom. The van der Waals surface area contributed by atoms with Gasteiger partial charge in [0, 0.05) is 37.1 Å². The maximum absolute atomic E-state index is 12.4. The second kappa shape index (κ2) is 10.8. The van der Waals surface area contributed by atoms with Crippen molar-refractivity contribution in [3.63, 3.8) is 0 Å². The number of aromatic nitrogens is 3. The summed E-state index contributed by atoms with van der Waals surface area (Å²) in [7, 11) is 0. The molecule has 2 aromatic heterocycles. The van der Waals surface area contributed by atoms with Crippen molar-refractivity contribution in [2.75, 3.05) is 30.3 Å². The molecule has 0 aliphatic heterocycles. The standard InChI is InChI=1S/C22H24N6O4/c1-3-15-7-9-16(10-8-15)19-17(21(29)32-4-2)14-26-22(27-19)25-13-12-24-20-18(28(30)31)6-5-11-23-20/h5-11,14H,3-4,12-13H2,1-2H3,(H,23,24)(H,25,26,27). The van der Waals surface area contributed by atoms with Crippen LogP contribution < -0.4 is 10.6 Å². The zero-order chi connectivity index (χ0) is 22.9. The van der Waals surface area contributed by atoms with Gasteiger partial charge in [-0.1, -0.05) is 31.2 Å². The normalized spacial score (nSPS) is 10.4. The second-order valence-electron chi connectivity index (χ2n) is 6.71. The van der Waals surface area contributed by atoms with E-state index in [-0.39, 0.29) is 23.7 Å². The largest absolute Gasteiger partial charge is 0.462 e. The van der Waals surface area contributed by atoms with Gasteiger partial charge >= 0.3 is 11.7 Å². The minimum absolute atomic E-state index is 0.0969. The average Bonchev–Trinajstić information content (AvgIpc) is 2.82. The third-order valence-corrected chi connectivity index (χ3v) is 4.60. The molecule has 3 aromatic rings. The number of hydrogen-bond acceptors (Lipinski definition) is 9. The van der Waals surface area contributed by atoms with Crippen LogP contribution in [0.1, 0.15) is 29.8 Å². The molecule has 0 atom stereocenters. The van der Waals surface area contributed by atoms with Gasteiger partial charge in [-0.25, -0.2) is 19.7 Å². The maximum Gasteiger partial charge on any atom is 0.341 e. The summed E-state index contributed by atoms with van der Waals surface area (Å²) >= 11 is 0. The lowest BCUT2D eigenvalue weighted by Gasteiger charge is -2.12. The highest BCUT2D eigenvalue weighted by Gasteiger charge is 2.18. The van der Waals surface area contributed by atoms with E-state index in [1.807, 2.05) is 24.3 Å². The fraction of sp³-hybridized carbons (Fsp3) is 0.273. The van der Waals surface area contributed by atoms with Crippen LogP contribution in [-0.4, -0.2) is 45.5 Å². The van der Waals surface area contributed by atoms with Gasteiger partial charge in [0.2, 0.25) is 11.8 Å². The summed E-state index contributed by atoms with van der Waals surface area (Å²) in [5.74, 6) is 0.0252. The zero-order valence-electron chi connectivity index (χ0n) is 17.9. The Morgan fingerprint density at radius 1 is 1.09 bits per heavy atom. The molecule has 0 saturated heterocycles. The van der Waals surface area contributed by atoms with Crippen LogP contribution in [0.3, 0.4) is 0 Å². The molecule has 0 aliphatic rings. The van der Waals surface area contributed by atoms with Crippen LogP contribution in [0.5, 0.6) is 0 Å². The Morgan fingerprint density at radius 2 is 1.84 bits per heavy atom. The molecule has 0 spiro atoms. The summed E-state index contributed by atoms with van der Waals surface area (Å²) < 4.78 is 5.14. The van der Waals surface area contributed by atoms with E-state index in [1.165, 1.54) is 30.1 Å². The van der Waals surface area contributed by atoms with Crippen LogP contribution in [0, 0.1) is 10.1 Å². The predicted octanol–water partition coefficient (Wildman–Crippen LogP) is 3.71. The first-order chi connectivity index (χ1) is 15.5. The number of nitro groups is 1. The van der Waals surface area contributed by atoms with E-state index in [0.29, 0.717) is 24.7 Å². The van der Waals surface area contributed by atoms with Crippen LogP contribution in [0.25, 0.3) is 11.3 Å². The number of anilines is 2. The van der Waals surface area contributed by atoms with Crippen molar-refractivity contribution in [1.29, 1.82) is 0 Å². The number of aryl methyl sites for hydroxylation is 1. The maximum atomic E-state index is 12.4. The van der Waals surface area contributed by atoms with Crippen molar-refractivity contribution >= 4 is 23.4 Å². The number of hydrogen-bond donors (Lipinski definition) is 2. The third kappa shape index (κ3) is 5.54. The first-order valence-corrected chi connectivity index (χ1v) is 10.2. The van der Waals surface area contributed by atoms with Crippen molar-refractivity contribution in [1.82, 2.24) is 15.0 Å². The Bertz CT molecular complexity index is 1090. The lowest BCUT2D eigenvalue weighted by atomic mass is 10.0. The van der Waals surface area contributed by atoms with Gasteiger partial charge in [-0.2, -0.15) is 0 Å². The third-order valence-electron chi connectivity index (χ3n) is 4.60. The van der Waals surface area contributed by atoms with Crippen molar-refractivity contribution in [3.8, 4) is 11.3 Å². The Labute approximate surface area is 185 Å². The van der Waals surface area contributed by atoms with Gasteiger partial charge in [-0.15, -0.1) is 0 Å². The van der Waals surface area contributed by atoms with Crippen LogP contribution in [0.4, 0.5) is 17.5 Å². The molecule has 0 saturated carbocycles. The van der Waals surface area contributed by atoms with Gasteiger partial charge in [0.1, 0.15) is 5.56 Å². The molecule has 2 heterocycles. The topological polar surface area (TPSA) is 132 Å². The summed E-state index contributed by atoms with van der Waals surface area (Å²) in [6, 6.07) is 10.7. The number of carbonyl (C=O) groups excluding carboxylic acids is 1. The van der Waals surface area contributed by atoms with Crippen LogP contribution in [0.15, 0.2) is 48.8 Å². The van der Waals surface area contributed by atoms with Crippen molar-refractivity contribution in [2.24, 2.45) is 0 Å². The SMILES string of the molecule is CCOC(=O)c1cnc(NCCNc2ncccc2[N+](=O)[O-])nc1-c1ccc(CC)cc1. The molecule has 0 radical (unpaired) electrons. The summed E-state index contributed by atoms with van der Waals surface area (Å²) in [5.41, 5.74) is 2.60. The van der Waals surface area contributed by atoms with Crippen LogP contribution >= 0.6 is 0 Å². The molecule has 0 bridgehead atoms. The smallest absolute Gasteiger partial charge is 0.341 e. The van der Waals surface area contributed by atoms with Crippen LogP contribution in [-0.2, 0) is 11.2 Å². The molecule has 10 nitrogen and oxygen atoms in total. The lowest BCUT2D eigenvalue weighted by molar-refractivity contribution is -0.384. The van der Waals surface area contributed by atoms with Gasteiger partial charge in [0.05, 0.1) is 17.2 Å². The summed E-state index contributed by atoms with van der Waals surface area (Å²) in [4.78, 5) is 35.7. The highest BCUT2D eigenvalue weighted by molar-refractivity contribution is 5.96. The number of pyridine rings is 1. The Balaban J connectivity index is 1.74. The molecule has 32 heavy (non-hydrogen) atoms. The van der Waals surface area contributed by atoms with Gasteiger partial charge in [-0.05, 0) is 25.0 Å². The first kappa shape index (κ1) is 22.6. The monoisotopic (exact) mass is 436 g/mol. The molecule has 2 N–H and O–H groups in total. The highest BCUT2D eigenvalue weighted by atomic mass is 16.6. The molecule has 0 fully saturated rings. The van der Waals surface area contributed by atoms with E-state index in [1.54, 1.807) is 6.92 Å². The van der Waals surface area contributed by atoms with E-state index in [9.17, 15) is 14.9 Å². The first-order valence-electron chi connectivity index (χ1n) is 10.2. The number of ether oxygens (including phenoxy) is 1. The number of nitrogens with one attached hydrogen (secondary N) is 2. The number of esters is 1. The summed E-state index contributed by atoms with van der Waals surface area (Å²) in [5, 5.41) is 17.1. The predicted molar refractivity (Wildman–Crippen MR) is 121 cm³/mol. The van der Waals surface area contributed by atoms with Gasteiger partial charge < -0.3 is 15.4 Å². The van der Waals surface area contributed by atoms with Gasteiger partial charge in [0.15, 0.2) is 0 Å². The Hall–Kier alpha value is -4.08. The highest BCUT2D eigenvalue weighted by Crippen LogP contribution is 2.24. The van der Waals surface area contributed by atoms with Crippen molar-refractivity contribution in [2.45, 2.75) is 20.3 Å². The number of carbonyl (C=O) groups is 1. The molecular weight excluding hydrogens is 412 g/mol. The van der Waals surface area contributed by atoms with E-state index < -0.39 is 10.9 Å². The molecule has 0 amide bonds. The van der Waals surface area contributed by atoms with Crippen LogP contribution in [0.2, 0.25) is 0 Å². The number of benzene rings is 1. The molecule has 0 aliphatic carbocycles. The van der Waals surface area contributed by atoms with E-state index in [0.717, 1.165) is 12.0 Å². The van der Waals surface area contributed by atoms with Gasteiger partial charge in [-0.3, -0.25) is 10.1 Å². The average molecular weight is 436 g/mol. The minimum atomic E-state index is -0.490. The zero-order valence-corrected chi connectivity index (χ0v) is 17.9. The molecule has 1 aromatic carbocycles. The quantitative estimate of drug-likeness (QED) is 0.211. The Kier molecular flexibility index (Phi) is 7.63. The lowest BCUT2D eigenvalue weighted by Crippen LogP contribution is -2.17. The fourth-order valence-electron chi connectivity index (χ4n) is 2.98. The molecule has 0 unspecified atom stereocenters. The number of rotatable bonds is 10. The molecule has 10 heteroatoms. The van der Waals surface area contributed by atoms with E-state index in [2.05, 4.69) is 32.5 Å². The van der Waals surface area contributed by atoms with E-state index in [4.69, 9.17) is 4.74 Å². The van der Waals surface area contributed by atoms with E-state index >= 15 is 0 Å². The number of nitrogens with zero attached hydrogens (tertiary/aromatic N) is 4. The summed E-state index contributed by atoms with van der Waals surface area (Å²) in [6.07, 6.45) is 3.83.